The van der Waals surface area contributed by atoms with Gasteiger partial charge in [-0.3, -0.25) is 4.79 Å². The van der Waals surface area contributed by atoms with Crippen LogP contribution in [0.5, 0.6) is 0 Å². The highest BCUT2D eigenvalue weighted by Crippen LogP contribution is 2.17. The first-order valence-corrected chi connectivity index (χ1v) is 6.89. The summed E-state index contributed by atoms with van der Waals surface area (Å²) in [5.74, 6) is 0.814. The Morgan fingerprint density at radius 1 is 1.35 bits per heavy atom. The number of carbonyl (C=O) groups is 1. The third kappa shape index (κ3) is 4.86. The lowest BCUT2D eigenvalue weighted by atomic mass is 9.97. The van der Waals surface area contributed by atoms with Gasteiger partial charge in [0, 0.05) is 16.6 Å². The first-order valence-electron chi connectivity index (χ1n) is 6.09. The maximum Gasteiger partial charge on any atom is 0.228 e. The Morgan fingerprint density at radius 2 is 2.00 bits per heavy atom. The molecule has 94 valence electrons. The number of rotatable bonds is 6. The van der Waals surface area contributed by atoms with E-state index >= 15 is 0 Å². The third-order valence-corrected chi connectivity index (χ3v) is 3.09. The number of hydrogen-bond acceptors (Lipinski definition) is 2. The molecule has 1 aromatic heterocycles. The second kappa shape index (κ2) is 7.43. The highest BCUT2D eigenvalue weighted by Gasteiger charge is 2.16. The fourth-order valence-electron chi connectivity index (χ4n) is 1.78. The Balaban J connectivity index is 2.59. The largest absolute Gasteiger partial charge is 0.310 e. The summed E-state index contributed by atoms with van der Waals surface area (Å²) in [6, 6.07) is 3.67. The number of nitrogens with one attached hydrogen (secondary N) is 1. The number of aromatic nitrogens is 1. The van der Waals surface area contributed by atoms with Gasteiger partial charge in [-0.05, 0) is 40.9 Å². The fourth-order valence-corrected chi connectivity index (χ4v) is 2.02. The zero-order valence-electron chi connectivity index (χ0n) is 10.4. The molecule has 0 radical (unpaired) electrons. The van der Waals surface area contributed by atoms with Crippen molar-refractivity contribution in [1.29, 1.82) is 0 Å². The summed E-state index contributed by atoms with van der Waals surface area (Å²) in [4.78, 5) is 16.2. The van der Waals surface area contributed by atoms with Gasteiger partial charge in [-0.2, -0.15) is 0 Å². The van der Waals surface area contributed by atoms with Crippen molar-refractivity contribution in [1.82, 2.24) is 4.98 Å². The van der Waals surface area contributed by atoms with Gasteiger partial charge in [0.2, 0.25) is 5.91 Å². The second-order valence-corrected chi connectivity index (χ2v) is 5.04. The number of halogens is 1. The van der Waals surface area contributed by atoms with E-state index in [1.165, 1.54) is 0 Å². The maximum atomic E-state index is 12.0. The molecule has 0 aliphatic rings. The van der Waals surface area contributed by atoms with Crippen molar-refractivity contribution in [3.63, 3.8) is 0 Å². The van der Waals surface area contributed by atoms with Gasteiger partial charge >= 0.3 is 0 Å². The van der Waals surface area contributed by atoms with Crippen LogP contribution in [0.15, 0.2) is 22.8 Å². The SMILES string of the molecule is CCCC(CCC)C(=O)Nc1ccc(Br)cn1. The normalized spacial score (nSPS) is 10.6. The minimum atomic E-state index is 0.0866. The number of nitrogens with zero attached hydrogens (tertiary/aromatic N) is 1. The molecule has 0 aliphatic carbocycles. The van der Waals surface area contributed by atoms with Gasteiger partial charge in [-0.15, -0.1) is 0 Å². The van der Waals surface area contributed by atoms with Crippen LogP contribution in [0, 0.1) is 5.92 Å². The van der Waals surface area contributed by atoms with Crippen molar-refractivity contribution in [2.75, 3.05) is 5.32 Å². The fraction of sp³-hybridized carbons (Fsp3) is 0.538. The van der Waals surface area contributed by atoms with Crippen LogP contribution in [0.4, 0.5) is 5.82 Å². The molecular weight excluding hydrogens is 280 g/mol. The monoisotopic (exact) mass is 298 g/mol. The summed E-state index contributed by atoms with van der Waals surface area (Å²) in [5.41, 5.74) is 0. The average Bonchev–Trinajstić information content (AvgIpc) is 2.32. The average molecular weight is 299 g/mol. The molecule has 0 fully saturated rings. The highest BCUT2D eigenvalue weighted by atomic mass is 79.9. The van der Waals surface area contributed by atoms with Gasteiger partial charge in [0.1, 0.15) is 5.82 Å². The predicted octanol–water partition coefficient (Wildman–Crippen LogP) is 4.00. The van der Waals surface area contributed by atoms with E-state index in [0.717, 1.165) is 30.2 Å². The molecule has 0 unspecified atom stereocenters. The highest BCUT2D eigenvalue weighted by molar-refractivity contribution is 9.10. The van der Waals surface area contributed by atoms with Crippen molar-refractivity contribution in [2.24, 2.45) is 5.92 Å². The zero-order valence-corrected chi connectivity index (χ0v) is 12.0. The first kappa shape index (κ1) is 14.2. The minimum Gasteiger partial charge on any atom is -0.310 e. The quantitative estimate of drug-likeness (QED) is 0.862. The minimum absolute atomic E-state index is 0.0866. The van der Waals surface area contributed by atoms with Crippen LogP contribution in [0.25, 0.3) is 0 Å². The molecule has 1 aromatic rings. The van der Waals surface area contributed by atoms with E-state index in [9.17, 15) is 4.79 Å². The summed E-state index contributed by atoms with van der Waals surface area (Å²) in [6.07, 6.45) is 5.63. The van der Waals surface area contributed by atoms with E-state index in [1.54, 1.807) is 12.3 Å². The number of hydrogen-bond donors (Lipinski definition) is 1. The summed E-state index contributed by atoms with van der Waals surface area (Å²) >= 11 is 3.32. The molecule has 0 aliphatic heterocycles. The Morgan fingerprint density at radius 3 is 2.47 bits per heavy atom. The Hall–Kier alpha value is -0.900. The zero-order chi connectivity index (χ0) is 12.7. The van der Waals surface area contributed by atoms with E-state index in [4.69, 9.17) is 0 Å². The van der Waals surface area contributed by atoms with Crippen LogP contribution in [-0.4, -0.2) is 10.9 Å². The maximum absolute atomic E-state index is 12.0. The van der Waals surface area contributed by atoms with Crippen molar-refractivity contribution >= 4 is 27.7 Å². The standard InChI is InChI=1S/C13H19BrN2O/c1-3-5-10(6-4-2)13(17)16-12-8-7-11(14)9-15-12/h7-10H,3-6H2,1-2H3,(H,15,16,17). The van der Waals surface area contributed by atoms with E-state index in [-0.39, 0.29) is 11.8 Å². The molecule has 1 N–H and O–H groups in total. The predicted molar refractivity (Wildman–Crippen MR) is 73.9 cm³/mol. The van der Waals surface area contributed by atoms with Gasteiger partial charge < -0.3 is 5.32 Å². The molecule has 17 heavy (non-hydrogen) atoms. The molecular formula is C13H19BrN2O. The number of amides is 1. The Bertz CT molecular complexity index is 345. The first-order chi connectivity index (χ1) is 8.17. The molecule has 0 bridgehead atoms. The number of carbonyl (C=O) groups excluding carboxylic acids is 1. The summed E-state index contributed by atoms with van der Waals surface area (Å²) in [6.45, 7) is 4.21. The van der Waals surface area contributed by atoms with Crippen LogP contribution in [0.1, 0.15) is 39.5 Å². The second-order valence-electron chi connectivity index (χ2n) is 4.13. The van der Waals surface area contributed by atoms with Gasteiger partial charge in [-0.1, -0.05) is 26.7 Å². The Labute approximate surface area is 111 Å². The third-order valence-electron chi connectivity index (χ3n) is 2.62. The molecule has 4 heteroatoms. The molecule has 0 saturated heterocycles. The molecule has 3 nitrogen and oxygen atoms in total. The summed E-state index contributed by atoms with van der Waals surface area (Å²) in [5, 5.41) is 2.87. The molecule has 0 spiro atoms. The van der Waals surface area contributed by atoms with Crippen LogP contribution < -0.4 is 5.32 Å². The van der Waals surface area contributed by atoms with Gasteiger partial charge in [0.05, 0.1) is 0 Å². The van der Waals surface area contributed by atoms with Crippen LogP contribution in [-0.2, 0) is 4.79 Å². The van der Waals surface area contributed by atoms with E-state index < -0.39 is 0 Å². The lowest BCUT2D eigenvalue weighted by molar-refractivity contribution is -0.120. The van der Waals surface area contributed by atoms with Crippen LogP contribution >= 0.6 is 15.9 Å². The van der Waals surface area contributed by atoms with Gasteiger partial charge in [0.15, 0.2) is 0 Å². The topological polar surface area (TPSA) is 42.0 Å². The van der Waals surface area contributed by atoms with Crippen LogP contribution in [0.2, 0.25) is 0 Å². The van der Waals surface area contributed by atoms with Crippen LogP contribution in [0.3, 0.4) is 0 Å². The van der Waals surface area contributed by atoms with Gasteiger partial charge in [0.25, 0.3) is 0 Å². The van der Waals surface area contributed by atoms with E-state index in [1.807, 2.05) is 6.07 Å². The van der Waals surface area contributed by atoms with Crippen molar-refractivity contribution in [3.05, 3.63) is 22.8 Å². The molecule has 0 atom stereocenters. The molecule has 0 saturated carbocycles. The molecule has 1 heterocycles. The summed E-state index contributed by atoms with van der Waals surface area (Å²) in [7, 11) is 0. The van der Waals surface area contributed by atoms with Crippen molar-refractivity contribution in [3.8, 4) is 0 Å². The summed E-state index contributed by atoms with van der Waals surface area (Å²) < 4.78 is 0.911. The molecule has 0 aromatic carbocycles. The van der Waals surface area contributed by atoms with E-state index in [0.29, 0.717) is 5.82 Å². The number of anilines is 1. The van der Waals surface area contributed by atoms with Gasteiger partial charge in [-0.25, -0.2) is 4.98 Å². The lowest BCUT2D eigenvalue weighted by Crippen LogP contribution is -2.23. The molecule has 1 amide bonds. The smallest absolute Gasteiger partial charge is 0.228 e. The van der Waals surface area contributed by atoms with Crippen molar-refractivity contribution < 1.29 is 4.79 Å². The lowest BCUT2D eigenvalue weighted by Gasteiger charge is -2.14. The number of pyridine rings is 1. The molecule has 1 rings (SSSR count). The van der Waals surface area contributed by atoms with E-state index in [2.05, 4.69) is 40.1 Å². The van der Waals surface area contributed by atoms with Crippen molar-refractivity contribution in [2.45, 2.75) is 39.5 Å². The Kier molecular flexibility index (Phi) is 6.19.